The maximum absolute atomic E-state index is 10.7. The van der Waals surface area contributed by atoms with Gasteiger partial charge in [-0.15, -0.1) is 0 Å². The number of nitro groups is 1. The highest BCUT2D eigenvalue weighted by molar-refractivity contribution is 7.81. The summed E-state index contributed by atoms with van der Waals surface area (Å²) in [5, 5.41) is 11.4. The number of nitro benzene ring substituents is 1. The van der Waals surface area contributed by atoms with Crippen LogP contribution in [0.2, 0.25) is 5.02 Å². The van der Waals surface area contributed by atoms with E-state index in [4.69, 9.17) is 28.6 Å². The molecule has 28 heavy (non-hydrogen) atoms. The third-order valence-electron chi connectivity index (χ3n) is 4.22. The normalized spacial score (nSPS) is 15.0. The first-order valence-electron chi connectivity index (χ1n) is 8.65. The molecule has 144 valence electrons. The zero-order valence-electron chi connectivity index (χ0n) is 15.0. The smallest absolute Gasteiger partial charge is 0.269 e. The molecular weight excluding hydrogens is 398 g/mol. The van der Waals surface area contributed by atoms with Crippen molar-refractivity contribution in [1.29, 1.82) is 0 Å². The van der Waals surface area contributed by atoms with Gasteiger partial charge in [0.15, 0.2) is 0 Å². The molecular formula is C20H18ClN3O3S. The average molecular weight is 416 g/mol. The molecule has 0 amide bonds. The summed E-state index contributed by atoms with van der Waals surface area (Å²) in [6.45, 7) is 2.74. The summed E-state index contributed by atoms with van der Waals surface area (Å²) in [6.07, 6.45) is 3.35. The highest BCUT2D eigenvalue weighted by Crippen LogP contribution is 2.22. The summed E-state index contributed by atoms with van der Waals surface area (Å²) >= 11 is 11.7. The van der Waals surface area contributed by atoms with Gasteiger partial charge in [0.05, 0.1) is 18.1 Å². The van der Waals surface area contributed by atoms with Gasteiger partial charge in [-0.25, -0.2) is 0 Å². The van der Waals surface area contributed by atoms with E-state index in [2.05, 4.69) is 9.89 Å². The van der Waals surface area contributed by atoms with Crippen LogP contribution < -0.4 is 0 Å². The van der Waals surface area contributed by atoms with E-state index in [1.165, 1.54) is 12.1 Å². The average Bonchev–Trinajstić information content (AvgIpc) is 2.72. The van der Waals surface area contributed by atoms with Crippen LogP contribution in [0.15, 0.2) is 59.7 Å². The van der Waals surface area contributed by atoms with Crippen LogP contribution in [0.25, 0.3) is 5.57 Å². The van der Waals surface area contributed by atoms with E-state index in [-0.39, 0.29) is 5.69 Å². The number of benzene rings is 2. The Hall–Kier alpha value is -2.61. The first-order chi connectivity index (χ1) is 13.5. The molecule has 2 aromatic carbocycles. The molecule has 0 unspecified atom stereocenters. The summed E-state index contributed by atoms with van der Waals surface area (Å²) < 4.78 is 5.40. The van der Waals surface area contributed by atoms with Gasteiger partial charge in [0, 0.05) is 48.2 Å². The molecule has 1 heterocycles. The minimum Gasteiger partial charge on any atom is -0.378 e. The predicted molar refractivity (Wildman–Crippen MR) is 115 cm³/mol. The van der Waals surface area contributed by atoms with Crippen LogP contribution in [0.1, 0.15) is 11.1 Å². The fourth-order valence-corrected chi connectivity index (χ4v) is 3.18. The van der Waals surface area contributed by atoms with Gasteiger partial charge in [0.2, 0.25) is 0 Å². The third kappa shape index (κ3) is 5.22. The Morgan fingerprint density at radius 3 is 2.39 bits per heavy atom. The largest absolute Gasteiger partial charge is 0.378 e. The van der Waals surface area contributed by atoms with Gasteiger partial charge in [0.25, 0.3) is 5.69 Å². The van der Waals surface area contributed by atoms with E-state index in [0.29, 0.717) is 23.2 Å². The summed E-state index contributed by atoms with van der Waals surface area (Å²) in [7, 11) is 0. The lowest BCUT2D eigenvalue weighted by molar-refractivity contribution is -0.384. The Balaban J connectivity index is 1.85. The minimum atomic E-state index is -0.430. The van der Waals surface area contributed by atoms with Crippen molar-refractivity contribution in [2.24, 2.45) is 4.99 Å². The third-order valence-corrected chi connectivity index (χ3v) is 4.95. The topological polar surface area (TPSA) is 68.0 Å². The summed E-state index contributed by atoms with van der Waals surface area (Å²) in [6, 6.07) is 13.6. The monoisotopic (exact) mass is 415 g/mol. The number of nitrogens with zero attached hydrogens (tertiary/aromatic N) is 3. The molecule has 0 N–H and O–H groups in total. The number of thiocarbonyl (C=S) groups is 1. The van der Waals surface area contributed by atoms with Crippen LogP contribution in [0.4, 0.5) is 5.69 Å². The van der Waals surface area contributed by atoms with Crippen molar-refractivity contribution in [2.75, 3.05) is 26.3 Å². The van der Waals surface area contributed by atoms with Gasteiger partial charge in [-0.2, -0.15) is 0 Å². The highest BCUT2D eigenvalue weighted by atomic mass is 35.5. The molecule has 0 bridgehead atoms. The van der Waals surface area contributed by atoms with E-state index in [9.17, 15) is 10.1 Å². The van der Waals surface area contributed by atoms with Crippen LogP contribution in [-0.4, -0.2) is 47.3 Å². The Morgan fingerprint density at radius 2 is 1.79 bits per heavy atom. The van der Waals surface area contributed by atoms with Crippen LogP contribution in [0.5, 0.6) is 0 Å². The van der Waals surface area contributed by atoms with Gasteiger partial charge < -0.3 is 9.64 Å². The zero-order chi connectivity index (χ0) is 19.9. The van der Waals surface area contributed by atoms with Gasteiger partial charge in [-0.3, -0.25) is 15.1 Å². The molecule has 0 saturated carbocycles. The summed E-state index contributed by atoms with van der Waals surface area (Å²) in [5.74, 6) is 0. The van der Waals surface area contributed by atoms with Gasteiger partial charge in [-0.05, 0) is 35.4 Å². The lowest BCUT2D eigenvalue weighted by Crippen LogP contribution is -2.40. The molecule has 1 saturated heterocycles. The molecule has 3 rings (SSSR count). The van der Waals surface area contributed by atoms with E-state index >= 15 is 0 Å². The minimum absolute atomic E-state index is 0.0445. The Kier molecular flexibility index (Phi) is 6.86. The van der Waals surface area contributed by atoms with Crippen molar-refractivity contribution in [3.63, 3.8) is 0 Å². The van der Waals surface area contributed by atoms with Crippen LogP contribution >= 0.6 is 23.8 Å². The molecule has 6 nitrogen and oxygen atoms in total. The zero-order valence-corrected chi connectivity index (χ0v) is 16.5. The van der Waals surface area contributed by atoms with Gasteiger partial charge >= 0.3 is 0 Å². The number of aliphatic imine (C=N–C) groups is 1. The predicted octanol–water partition coefficient (Wildman–Crippen LogP) is 4.37. The maximum atomic E-state index is 10.7. The Labute approximate surface area is 173 Å². The van der Waals surface area contributed by atoms with E-state index in [1.54, 1.807) is 24.5 Å². The van der Waals surface area contributed by atoms with Crippen molar-refractivity contribution in [3.05, 3.63) is 81.0 Å². The second-order valence-electron chi connectivity index (χ2n) is 6.08. The Morgan fingerprint density at radius 1 is 1.14 bits per heavy atom. The number of rotatable bonds is 5. The molecule has 0 aliphatic carbocycles. The second kappa shape index (κ2) is 9.54. The fraction of sp³-hybridized carbons (Fsp3) is 0.200. The van der Waals surface area contributed by atoms with Crippen molar-refractivity contribution in [3.8, 4) is 0 Å². The van der Waals surface area contributed by atoms with Crippen LogP contribution in [-0.2, 0) is 4.74 Å². The molecule has 8 heteroatoms. The highest BCUT2D eigenvalue weighted by Gasteiger charge is 2.18. The van der Waals surface area contributed by atoms with Crippen molar-refractivity contribution >= 4 is 46.3 Å². The van der Waals surface area contributed by atoms with Gasteiger partial charge in [-0.1, -0.05) is 36.0 Å². The van der Waals surface area contributed by atoms with Crippen LogP contribution in [0.3, 0.4) is 0 Å². The summed E-state index contributed by atoms with van der Waals surface area (Å²) in [5.41, 5.74) is 2.53. The first kappa shape index (κ1) is 20.1. The quantitative estimate of drug-likeness (QED) is 0.238. The number of hydrogen-bond donors (Lipinski definition) is 0. The Bertz CT molecular complexity index is 905. The summed E-state index contributed by atoms with van der Waals surface area (Å²) in [4.78, 5) is 17.5. The van der Waals surface area contributed by atoms with Gasteiger partial charge in [0.1, 0.15) is 4.99 Å². The molecule has 0 spiro atoms. The van der Waals surface area contributed by atoms with Crippen molar-refractivity contribution in [2.45, 2.75) is 0 Å². The number of non-ortho nitro benzene ring substituents is 1. The van der Waals surface area contributed by atoms with Crippen molar-refractivity contribution < 1.29 is 9.66 Å². The lowest BCUT2D eigenvalue weighted by Gasteiger charge is -2.30. The maximum Gasteiger partial charge on any atom is 0.269 e. The van der Waals surface area contributed by atoms with Crippen LogP contribution in [0, 0.1) is 10.1 Å². The molecule has 0 atom stereocenters. The molecule has 2 aromatic rings. The number of morpholine rings is 1. The fourth-order valence-electron chi connectivity index (χ4n) is 2.70. The number of hydrogen-bond acceptors (Lipinski definition) is 5. The van der Waals surface area contributed by atoms with E-state index in [1.807, 2.05) is 24.3 Å². The van der Waals surface area contributed by atoms with E-state index in [0.717, 1.165) is 29.8 Å². The van der Waals surface area contributed by atoms with E-state index < -0.39 is 4.92 Å². The second-order valence-corrected chi connectivity index (χ2v) is 6.90. The number of ether oxygens (including phenoxy) is 1. The first-order valence-corrected chi connectivity index (χ1v) is 9.44. The standard InChI is InChI=1S/C20H18ClN3O3S/c21-17-5-3-16(4-6-17)19(20(28)23-9-11-27-12-10-23)14-22-13-15-1-7-18(8-2-15)24(25)26/h1-8,13-14H,9-12H2/b19-14-,22-13?. The van der Waals surface area contributed by atoms with Crippen molar-refractivity contribution in [1.82, 2.24) is 4.90 Å². The molecule has 1 aliphatic heterocycles. The molecule has 0 aromatic heterocycles. The lowest BCUT2D eigenvalue weighted by atomic mass is 10.1. The molecule has 1 aliphatic rings. The molecule has 1 fully saturated rings. The number of halogens is 1. The molecule has 0 radical (unpaired) electrons. The SMILES string of the molecule is O=[N+]([O-])c1ccc(C=N/C=C(\C(=S)N2CCOCC2)c2ccc(Cl)cc2)cc1.